The molecule has 0 saturated heterocycles. The van der Waals surface area contributed by atoms with E-state index < -0.39 is 0 Å². The number of hydrogen-bond acceptors (Lipinski definition) is 3. The van der Waals surface area contributed by atoms with Gasteiger partial charge in [0.05, 0.1) is 17.8 Å². The molecular formula is C16H15N3O. The molecule has 3 rings (SSSR count). The van der Waals surface area contributed by atoms with E-state index in [-0.39, 0.29) is 5.88 Å². The maximum atomic E-state index is 9.96. The summed E-state index contributed by atoms with van der Waals surface area (Å²) in [6.07, 6.45) is 3.44. The summed E-state index contributed by atoms with van der Waals surface area (Å²) in [4.78, 5) is 11.5. The number of nitrogens with zero attached hydrogens (tertiary/aromatic N) is 2. The molecule has 3 aromatic rings. The largest absolute Gasteiger partial charge is 0.494 e. The molecule has 4 heteroatoms. The van der Waals surface area contributed by atoms with Crippen molar-refractivity contribution in [3.05, 3.63) is 59.4 Å². The third-order valence-corrected chi connectivity index (χ3v) is 3.17. The van der Waals surface area contributed by atoms with Gasteiger partial charge in [-0.15, -0.1) is 0 Å². The third-order valence-electron chi connectivity index (χ3n) is 3.17. The van der Waals surface area contributed by atoms with Crippen molar-refractivity contribution in [2.75, 3.05) is 0 Å². The van der Waals surface area contributed by atoms with E-state index in [1.807, 2.05) is 43.3 Å². The molecule has 2 heterocycles. The molecule has 0 fully saturated rings. The van der Waals surface area contributed by atoms with Crippen LogP contribution in [0.15, 0.2) is 47.6 Å². The number of aromatic nitrogens is 2. The lowest BCUT2D eigenvalue weighted by atomic mass is 10.1. The minimum atomic E-state index is 0.148. The van der Waals surface area contributed by atoms with Crippen molar-refractivity contribution in [2.24, 2.45) is 4.99 Å². The van der Waals surface area contributed by atoms with Crippen molar-refractivity contribution in [1.82, 2.24) is 9.97 Å². The molecule has 100 valence electrons. The van der Waals surface area contributed by atoms with E-state index in [1.54, 1.807) is 12.4 Å². The number of benzene rings is 1. The summed E-state index contributed by atoms with van der Waals surface area (Å²) in [7, 11) is 0. The van der Waals surface area contributed by atoms with Gasteiger partial charge in [0, 0.05) is 23.3 Å². The summed E-state index contributed by atoms with van der Waals surface area (Å²) in [6.45, 7) is 2.52. The van der Waals surface area contributed by atoms with Gasteiger partial charge in [-0.2, -0.15) is 0 Å². The smallest absolute Gasteiger partial charge is 0.198 e. The van der Waals surface area contributed by atoms with E-state index in [1.165, 1.54) is 0 Å². The van der Waals surface area contributed by atoms with Crippen LogP contribution in [0.2, 0.25) is 0 Å². The number of H-pyrrole nitrogens is 1. The molecule has 0 unspecified atom stereocenters. The predicted octanol–water partition coefficient (Wildman–Crippen LogP) is 3.20. The van der Waals surface area contributed by atoms with Gasteiger partial charge in [0.1, 0.15) is 0 Å². The summed E-state index contributed by atoms with van der Waals surface area (Å²) in [6, 6.07) is 11.8. The highest BCUT2D eigenvalue weighted by Gasteiger charge is 2.08. The highest BCUT2D eigenvalue weighted by molar-refractivity contribution is 6.02. The second-order valence-corrected chi connectivity index (χ2v) is 4.73. The molecule has 0 amide bonds. The van der Waals surface area contributed by atoms with Crippen LogP contribution >= 0.6 is 0 Å². The van der Waals surface area contributed by atoms with E-state index in [0.717, 1.165) is 27.7 Å². The normalized spacial score (nSPS) is 11.4. The van der Waals surface area contributed by atoms with Gasteiger partial charge < -0.3 is 10.1 Å². The molecule has 0 aliphatic rings. The standard InChI is InChI=1S/C16H15N3O/c1-11-5-6-13-14(16(20)19-15(13)8-11)10-17-9-12-4-2-3-7-18-12/h2-8,10,19-20H,9H2,1H3. The van der Waals surface area contributed by atoms with Crippen molar-refractivity contribution in [3.63, 3.8) is 0 Å². The number of hydrogen-bond donors (Lipinski definition) is 2. The summed E-state index contributed by atoms with van der Waals surface area (Å²) in [5.74, 6) is 0.148. The Kier molecular flexibility index (Phi) is 3.21. The van der Waals surface area contributed by atoms with E-state index in [9.17, 15) is 5.11 Å². The number of aryl methyl sites for hydroxylation is 1. The molecule has 2 N–H and O–H groups in total. The molecule has 0 aliphatic heterocycles. The Hall–Kier alpha value is -2.62. The van der Waals surface area contributed by atoms with Crippen LogP contribution in [0.5, 0.6) is 5.88 Å². The van der Waals surface area contributed by atoms with Crippen LogP contribution in [0.25, 0.3) is 10.9 Å². The van der Waals surface area contributed by atoms with Gasteiger partial charge in [-0.25, -0.2) is 0 Å². The summed E-state index contributed by atoms with van der Waals surface area (Å²) in [5, 5.41) is 10.9. The first kappa shape index (κ1) is 12.4. The molecule has 0 atom stereocenters. The Bertz CT molecular complexity index is 760. The molecule has 1 aromatic carbocycles. The van der Waals surface area contributed by atoms with Crippen molar-refractivity contribution < 1.29 is 5.11 Å². The van der Waals surface area contributed by atoms with Crippen LogP contribution in [-0.4, -0.2) is 21.3 Å². The van der Waals surface area contributed by atoms with Gasteiger partial charge in [-0.3, -0.25) is 9.98 Å². The lowest BCUT2D eigenvalue weighted by Gasteiger charge is -1.95. The number of aliphatic imine (C=N–C) groups is 1. The lowest BCUT2D eigenvalue weighted by molar-refractivity contribution is 0.457. The highest BCUT2D eigenvalue weighted by Crippen LogP contribution is 2.26. The second-order valence-electron chi connectivity index (χ2n) is 4.73. The van der Waals surface area contributed by atoms with Gasteiger partial charge >= 0.3 is 0 Å². The summed E-state index contributed by atoms with van der Waals surface area (Å²) >= 11 is 0. The first-order valence-corrected chi connectivity index (χ1v) is 6.45. The zero-order valence-electron chi connectivity index (χ0n) is 11.2. The van der Waals surface area contributed by atoms with Crippen molar-refractivity contribution in [2.45, 2.75) is 13.5 Å². The predicted molar refractivity (Wildman–Crippen MR) is 80.2 cm³/mol. The minimum absolute atomic E-state index is 0.148. The molecule has 20 heavy (non-hydrogen) atoms. The van der Waals surface area contributed by atoms with Crippen molar-refractivity contribution in [1.29, 1.82) is 0 Å². The fraction of sp³-hybridized carbons (Fsp3) is 0.125. The van der Waals surface area contributed by atoms with E-state index >= 15 is 0 Å². The maximum absolute atomic E-state index is 9.96. The Morgan fingerprint density at radius 1 is 1.30 bits per heavy atom. The van der Waals surface area contributed by atoms with Crippen LogP contribution < -0.4 is 0 Å². The number of rotatable bonds is 3. The van der Waals surface area contributed by atoms with E-state index in [0.29, 0.717) is 6.54 Å². The number of fused-ring (bicyclic) bond motifs is 1. The zero-order valence-corrected chi connectivity index (χ0v) is 11.2. The van der Waals surface area contributed by atoms with Crippen molar-refractivity contribution >= 4 is 17.1 Å². The Balaban J connectivity index is 1.89. The Labute approximate surface area is 116 Å². The van der Waals surface area contributed by atoms with Crippen LogP contribution in [0.3, 0.4) is 0 Å². The third kappa shape index (κ3) is 2.40. The molecule has 2 aromatic heterocycles. The van der Waals surface area contributed by atoms with Crippen molar-refractivity contribution in [3.8, 4) is 5.88 Å². The molecule has 0 spiro atoms. The summed E-state index contributed by atoms with van der Waals surface area (Å²) < 4.78 is 0. The monoisotopic (exact) mass is 265 g/mol. The van der Waals surface area contributed by atoms with Gasteiger partial charge in [0.25, 0.3) is 0 Å². The van der Waals surface area contributed by atoms with Gasteiger partial charge in [-0.05, 0) is 30.7 Å². The average Bonchev–Trinajstić information content (AvgIpc) is 2.75. The summed E-state index contributed by atoms with van der Waals surface area (Å²) in [5.41, 5.74) is 3.69. The van der Waals surface area contributed by atoms with Crippen LogP contribution in [0.1, 0.15) is 16.8 Å². The number of pyridine rings is 1. The quantitative estimate of drug-likeness (QED) is 0.714. The second kappa shape index (κ2) is 5.17. The molecular weight excluding hydrogens is 250 g/mol. The van der Waals surface area contributed by atoms with E-state index in [4.69, 9.17) is 0 Å². The van der Waals surface area contributed by atoms with Crippen LogP contribution in [-0.2, 0) is 6.54 Å². The average molecular weight is 265 g/mol. The highest BCUT2D eigenvalue weighted by atomic mass is 16.3. The molecule has 4 nitrogen and oxygen atoms in total. The maximum Gasteiger partial charge on any atom is 0.198 e. The van der Waals surface area contributed by atoms with Crippen LogP contribution in [0, 0.1) is 6.92 Å². The van der Waals surface area contributed by atoms with Gasteiger partial charge in [0.15, 0.2) is 5.88 Å². The Morgan fingerprint density at radius 3 is 3.00 bits per heavy atom. The molecule has 0 radical (unpaired) electrons. The first-order chi connectivity index (χ1) is 9.74. The van der Waals surface area contributed by atoms with Crippen LogP contribution in [0.4, 0.5) is 0 Å². The number of nitrogens with one attached hydrogen (secondary N) is 1. The first-order valence-electron chi connectivity index (χ1n) is 6.45. The van der Waals surface area contributed by atoms with Gasteiger partial charge in [0.2, 0.25) is 0 Å². The molecule has 0 bridgehead atoms. The van der Waals surface area contributed by atoms with E-state index in [2.05, 4.69) is 15.0 Å². The zero-order chi connectivity index (χ0) is 13.9. The molecule has 0 aliphatic carbocycles. The fourth-order valence-electron chi connectivity index (χ4n) is 2.17. The Morgan fingerprint density at radius 2 is 2.20 bits per heavy atom. The van der Waals surface area contributed by atoms with Gasteiger partial charge in [-0.1, -0.05) is 18.2 Å². The SMILES string of the molecule is Cc1ccc2c(C=NCc3ccccn3)c(O)[nH]c2c1. The minimum Gasteiger partial charge on any atom is -0.494 e. The number of aromatic hydroxyl groups is 1. The molecule has 0 saturated carbocycles. The fourth-order valence-corrected chi connectivity index (χ4v) is 2.17. The topological polar surface area (TPSA) is 61.3 Å². The lowest BCUT2D eigenvalue weighted by Crippen LogP contribution is -1.87. The number of aromatic amines is 1.